The normalized spacial score (nSPS) is 22.1. The first-order valence-corrected chi connectivity index (χ1v) is 5.62. The molecule has 2 amide bonds. The van der Waals surface area contributed by atoms with Crippen LogP contribution in [0.5, 0.6) is 0 Å². The van der Waals surface area contributed by atoms with E-state index in [1.54, 1.807) is 0 Å². The lowest BCUT2D eigenvalue weighted by atomic mass is 10.2. The van der Waals surface area contributed by atoms with Crippen molar-refractivity contribution in [3.05, 3.63) is 0 Å². The molecule has 7 nitrogen and oxygen atoms in total. The highest BCUT2D eigenvalue weighted by atomic mass is 16.4. The third-order valence-electron chi connectivity index (χ3n) is 2.75. The molecule has 0 spiro atoms. The van der Waals surface area contributed by atoms with E-state index in [0.717, 1.165) is 19.5 Å². The van der Waals surface area contributed by atoms with Gasteiger partial charge in [0.05, 0.1) is 0 Å². The summed E-state index contributed by atoms with van der Waals surface area (Å²) in [5.74, 6) is -1.14. The lowest BCUT2D eigenvalue weighted by Crippen LogP contribution is -2.49. The highest BCUT2D eigenvalue weighted by Gasteiger charge is 2.24. The van der Waals surface area contributed by atoms with Crippen LogP contribution in [0.15, 0.2) is 0 Å². The van der Waals surface area contributed by atoms with Crippen molar-refractivity contribution in [3.8, 4) is 0 Å². The average Bonchev–Trinajstić information content (AvgIpc) is 2.63. The van der Waals surface area contributed by atoms with Gasteiger partial charge in [0.2, 0.25) is 0 Å². The molecule has 0 aromatic carbocycles. The zero-order valence-electron chi connectivity index (χ0n) is 9.85. The fourth-order valence-electron chi connectivity index (χ4n) is 1.82. The van der Waals surface area contributed by atoms with Crippen LogP contribution in [0.4, 0.5) is 4.79 Å². The molecule has 0 saturated carbocycles. The second-order valence-corrected chi connectivity index (χ2v) is 4.27. The Morgan fingerprint density at radius 3 is 2.71 bits per heavy atom. The fourth-order valence-corrected chi connectivity index (χ4v) is 1.82. The Morgan fingerprint density at radius 1 is 1.53 bits per heavy atom. The number of rotatable bonds is 5. The Kier molecular flexibility index (Phi) is 5.17. The largest absolute Gasteiger partial charge is 0.480 e. The van der Waals surface area contributed by atoms with Gasteiger partial charge in [0.25, 0.3) is 0 Å². The summed E-state index contributed by atoms with van der Waals surface area (Å²) >= 11 is 0. The second-order valence-electron chi connectivity index (χ2n) is 4.27. The van der Waals surface area contributed by atoms with Gasteiger partial charge in [-0.25, -0.2) is 9.59 Å². The molecule has 1 aliphatic heterocycles. The summed E-state index contributed by atoms with van der Waals surface area (Å²) < 4.78 is 0. The summed E-state index contributed by atoms with van der Waals surface area (Å²) in [7, 11) is 1.96. The maximum absolute atomic E-state index is 11.5. The molecule has 4 N–H and O–H groups in total. The molecule has 1 aliphatic rings. The molecule has 0 aromatic heterocycles. The molecule has 17 heavy (non-hydrogen) atoms. The number of amides is 2. The molecule has 0 aromatic rings. The molecule has 7 heteroatoms. The first-order chi connectivity index (χ1) is 8.02. The van der Waals surface area contributed by atoms with E-state index in [-0.39, 0.29) is 19.1 Å². The average molecular weight is 245 g/mol. The van der Waals surface area contributed by atoms with Gasteiger partial charge in [-0.05, 0) is 20.0 Å². The highest BCUT2D eigenvalue weighted by Crippen LogP contribution is 2.05. The SMILES string of the molecule is CN1CCC(NC(=O)NC(CCO)C(=O)O)C1. The van der Waals surface area contributed by atoms with Gasteiger partial charge in [0.15, 0.2) is 0 Å². The van der Waals surface area contributed by atoms with Gasteiger partial charge in [-0.2, -0.15) is 0 Å². The van der Waals surface area contributed by atoms with Crippen LogP contribution in [-0.4, -0.2) is 65.9 Å². The van der Waals surface area contributed by atoms with E-state index >= 15 is 0 Å². The minimum atomic E-state index is -1.14. The van der Waals surface area contributed by atoms with Gasteiger partial charge in [0.1, 0.15) is 6.04 Å². The number of aliphatic carboxylic acids is 1. The molecule has 1 fully saturated rings. The number of aliphatic hydroxyl groups is 1. The number of likely N-dealkylation sites (N-methyl/N-ethyl adjacent to an activating group) is 1. The van der Waals surface area contributed by atoms with Crippen molar-refractivity contribution < 1.29 is 19.8 Å². The number of carboxylic acids is 1. The Morgan fingerprint density at radius 2 is 2.24 bits per heavy atom. The number of urea groups is 1. The third kappa shape index (κ3) is 4.58. The molecule has 2 atom stereocenters. The van der Waals surface area contributed by atoms with Crippen molar-refractivity contribution in [2.45, 2.75) is 24.9 Å². The Hall–Kier alpha value is -1.34. The molecule has 2 unspecified atom stereocenters. The van der Waals surface area contributed by atoms with Crippen molar-refractivity contribution >= 4 is 12.0 Å². The van der Waals surface area contributed by atoms with E-state index in [1.165, 1.54) is 0 Å². The van der Waals surface area contributed by atoms with Gasteiger partial charge in [-0.3, -0.25) is 0 Å². The van der Waals surface area contributed by atoms with E-state index in [2.05, 4.69) is 15.5 Å². The Balaban J connectivity index is 2.34. The smallest absolute Gasteiger partial charge is 0.326 e. The Bertz CT molecular complexity index is 285. The predicted octanol–water partition coefficient (Wildman–Crippen LogP) is -1.17. The minimum Gasteiger partial charge on any atom is -0.480 e. The molecule has 98 valence electrons. The van der Waals surface area contributed by atoms with E-state index in [4.69, 9.17) is 10.2 Å². The standard InChI is InChI=1S/C10H19N3O4/c1-13-4-2-7(6-13)11-10(17)12-8(3-5-14)9(15)16/h7-8,14H,2-6H2,1H3,(H,15,16)(H2,11,12,17). The molecular formula is C10H19N3O4. The Labute approximate surface area is 99.8 Å². The highest BCUT2D eigenvalue weighted by molar-refractivity contribution is 5.82. The monoisotopic (exact) mass is 245 g/mol. The first kappa shape index (κ1) is 13.7. The van der Waals surface area contributed by atoms with Gasteiger partial charge >= 0.3 is 12.0 Å². The van der Waals surface area contributed by atoms with E-state index < -0.39 is 18.0 Å². The minimum absolute atomic E-state index is 0.00726. The van der Waals surface area contributed by atoms with Crippen molar-refractivity contribution in [1.82, 2.24) is 15.5 Å². The number of nitrogens with zero attached hydrogens (tertiary/aromatic N) is 1. The van der Waals surface area contributed by atoms with Crippen LogP contribution in [0.3, 0.4) is 0 Å². The molecule has 1 saturated heterocycles. The van der Waals surface area contributed by atoms with Gasteiger partial charge in [-0.1, -0.05) is 0 Å². The maximum Gasteiger partial charge on any atom is 0.326 e. The van der Waals surface area contributed by atoms with E-state index in [1.807, 2.05) is 7.05 Å². The van der Waals surface area contributed by atoms with Crippen molar-refractivity contribution in [2.75, 3.05) is 26.7 Å². The topological polar surface area (TPSA) is 102 Å². The summed E-state index contributed by atoms with van der Waals surface area (Å²) in [6, 6.07) is -1.48. The molecule has 1 heterocycles. The van der Waals surface area contributed by atoms with Gasteiger partial charge < -0.3 is 25.7 Å². The van der Waals surface area contributed by atoms with Crippen LogP contribution < -0.4 is 10.6 Å². The van der Waals surface area contributed by atoms with Crippen molar-refractivity contribution in [2.24, 2.45) is 0 Å². The summed E-state index contributed by atoms with van der Waals surface area (Å²) in [5.41, 5.74) is 0. The first-order valence-electron chi connectivity index (χ1n) is 5.62. The zero-order chi connectivity index (χ0) is 12.8. The maximum atomic E-state index is 11.5. The number of aliphatic hydroxyl groups excluding tert-OH is 1. The van der Waals surface area contributed by atoms with Gasteiger partial charge in [0, 0.05) is 25.6 Å². The van der Waals surface area contributed by atoms with Crippen LogP contribution in [0.25, 0.3) is 0 Å². The molecule has 0 bridgehead atoms. The summed E-state index contributed by atoms with van der Waals surface area (Å²) in [6.45, 7) is 1.42. The molecule has 1 rings (SSSR count). The lowest BCUT2D eigenvalue weighted by Gasteiger charge is -2.17. The zero-order valence-corrected chi connectivity index (χ0v) is 9.85. The summed E-state index contributed by atoms with van der Waals surface area (Å²) in [6.07, 6.45) is 0.870. The van der Waals surface area contributed by atoms with E-state index in [0.29, 0.717) is 0 Å². The van der Waals surface area contributed by atoms with Crippen molar-refractivity contribution in [3.63, 3.8) is 0 Å². The van der Waals surface area contributed by atoms with Crippen LogP contribution >= 0.6 is 0 Å². The lowest BCUT2D eigenvalue weighted by molar-refractivity contribution is -0.139. The number of carbonyl (C=O) groups is 2. The van der Waals surface area contributed by atoms with Gasteiger partial charge in [-0.15, -0.1) is 0 Å². The number of hydrogen-bond donors (Lipinski definition) is 4. The molecular weight excluding hydrogens is 226 g/mol. The fraction of sp³-hybridized carbons (Fsp3) is 0.800. The van der Waals surface area contributed by atoms with Crippen LogP contribution in [0.2, 0.25) is 0 Å². The van der Waals surface area contributed by atoms with Crippen LogP contribution in [0, 0.1) is 0 Å². The number of hydrogen-bond acceptors (Lipinski definition) is 4. The van der Waals surface area contributed by atoms with E-state index in [9.17, 15) is 9.59 Å². The summed E-state index contributed by atoms with van der Waals surface area (Å²) in [4.78, 5) is 24.4. The predicted molar refractivity (Wildman–Crippen MR) is 60.7 cm³/mol. The van der Waals surface area contributed by atoms with Crippen molar-refractivity contribution in [1.29, 1.82) is 0 Å². The number of nitrogens with one attached hydrogen (secondary N) is 2. The number of carboxylic acid groups (broad SMARTS) is 1. The number of carbonyl (C=O) groups excluding carboxylic acids is 1. The molecule has 0 aliphatic carbocycles. The number of likely N-dealkylation sites (tertiary alicyclic amines) is 1. The summed E-state index contributed by atoms with van der Waals surface area (Å²) in [5, 5.41) is 22.5. The third-order valence-corrected chi connectivity index (χ3v) is 2.75. The van der Waals surface area contributed by atoms with Crippen LogP contribution in [0.1, 0.15) is 12.8 Å². The molecule has 0 radical (unpaired) electrons. The quantitative estimate of drug-likeness (QED) is 0.488. The van der Waals surface area contributed by atoms with Crippen LogP contribution in [-0.2, 0) is 4.79 Å². The second kappa shape index (κ2) is 6.41.